The second-order valence-electron chi connectivity index (χ2n) is 8.08. The summed E-state index contributed by atoms with van der Waals surface area (Å²) in [6.07, 6.45) is 5.37. The maximum Gasteiger partial charge on any atom is 0.167 e. The van der Waals surface area contributed by atoms with Gasteiger partial charge in [0.2, 0.25) is 0 Å². The van der Waals surface area contributed by atoms with Crippen LogP contribution in [0.3, 0.4) is 0 Å². The van der Waals surface area contributed by atoms with Gasteiger partial charge in [-0.15, -0.1) is 0 Å². The number of carbonyl (C=O) groups excluding carboxylic acids is 1. The Labute approximate surface area is 175 Å². The number of hydrogen-bond acceptors (Lipinski definition) is 6. The van der Waals surface area contributed by atoms with Crippen molar-refractivity contribution in [2.45, 2.75) is 58.7 Å². The molecule has 1 aromatic carbocycles. The summed E-state index contributed by atoms with van der Waals surface area (Å²) in [5, 5.41) is 35.3. The molecule has 0 atom stereocenters. The van der Waals surface area contributed by atoms with Crippen molar-refractivity contribution in [2.75, 3.05) is 12.4 Å². The van der Waals surface area contributed by atoms with Crippen LogP contribution in [0, 0.1) is 23.7 Å². The van der Waals surface area contributed by atoms with E-state index in [-0.39, 0.29) is 5.71 Å². The van der Waals surface area contributed by atoms with Crippen molar-refractivity contribution in [1.29, 1.82) is 10.8 Å². The lowest BCUT2D eigenvalue weighted by molar-refractivity contribution is -0.107. The molecule has 29 heavy (non-hydrogen) atoms. The van der Waals surface area contributed by atoms with E-state index >= 15 is 0 Å². The van der Waals surface area contributed by atoms with Gasteiger partial charge < -0.3 is 20.9 Å². The van der Waals surface area contributed by atoms with Crippen LogP contribution in [0.2, 0.25) is 0 Å². The fraction of sp³-hybridized carbons (Fsp3) is 0.500. The van der Waals surface area contributed by atoms with E-state index in [1.807, 2.05) is 32.2 Å². The summed E-state index contributed by atoms with van der Waals surface area (Å²) in [6.45, 7) is 8.30. The smallest absolute Gasteiger partial charge is 0.167 e. The Bertz CT molecular complexity index is 716. The first-order valence-corrected chi connectivity index (χ1v) is 9.51. The molecule has 1 aliphatic rings. The second kappa shape index (κ2) is 11.7. The van der Waals surface area contributed by atoms with E-state index in [9.17, 15) is 4.79 Å². The summed E-state index contributed by atoms with van der Waals surface area (Å²) in [6, 6.07) is 5.93. The molecule has 0 aromatic heterocycles. The minimum absolute atomic E-state index is 0.0459. The Kier molecular flexibility index (Phi) is 10.8. The summed E-state index contributed by atoms with van der Waals surface area (Å²) in [5.41, 5.74) is 1.77. The van der Waals surface area contributed by atoms with Gasteiger partial charge in [0.05, 0.1) is 16.9 Å². The van der Waals surface area contributed by atoms with Crippen molar-refractivity contribution >= 4 is 37.2 Å². The van der Waals surface area contributed by atoms with E-state index in [0.29, 0.717) is 12.2 Å². The normalized spacial score (nSPS) is 13.9. The largest absolute Gasteiger partial charge is 0.388 e. The minimum atomic E-state index is -1.01. The molecule has 6 nitrogen and oxygen atoms in total. The molecule has 0 heterocycles. The van der Waals surface area contributed by atoms with Crippen LogP contribution in [-0.4, -0.2) is 54.5 Å². The average molecular weight is 399 g/mol. The molecule has 0 aliphatic heterocycles. The van der Waals surface area contributed by atoms with Crippen molar-refractivity contribution < 1.29 is 15.0 Å². The summed E-state index contributed by atoms with van der Waals surface area (Å²) >= 11 is 0. The third-order valence-electron chi connectivity index (χ3n) is 4.73. The highest BCUT2D eigenvalue weighted by Gasteiger charge is 2.31. The van der Waals surface area contributed by atoms with Crippen LogP contribution < -0.4 is 10.8 Å². The molecule has 2 rings (SSSR count). The van der Waals surface area contributed by atoms with Gasteiger partial charge in [0.1, 0.15) is 7.85 Å². The first kappa shape index (κ1) is 26.8. The number of anilines is 1. The molecule has 1 aliphatic carbocycles. The lowest BCUT2D eigenvalue weighted by Crippen LogP contribution is -2.44. The number of rotatable bonds is 6. The molecule has 0 amide bonds. The van der Waals surface area contributed by atoms with Gasteiger partial charge in [-0.1, -0.05) is 17.1 Å². The molecule has 0 bridgehead atoms. The minimum Gasteiger partial charge on any atom is -0.388 e. The van der Waals surface area contributed by atoms with Gasteiger partial charge in [0.25, 0.3) is 0 Å². The molecular formula is C22H34BN3O3. The van der Waals surface area contributed by atoms with Crippen molar-refractivity contribution in [3.63, 3.8) is 0 Å². The highest BCUT2D eigenvalue weighted by Crippen LogP contribution is 2.35. The maximum atomic E-state index is 10.1. The van der Waals surface area contributed by atoms with E-state index in [2.05, 4.69) is 5.32 Å². The molecule has 158 valence electrons. The summed E-state index contributed by atoms with van der Waals surface area (Å²) in [7, 11) is 7.54. The average Bonchev–Trinajstić information content (AvgIpc) is 3.46. The van der Waals surface area contributed by atoms with Gasteiger partial charge in [-0.3, -0.25) is 10.2 Å². The second-order valence-corrected chi connectivity index (χ2v) is 8.08. The van der Waals surface area contributed by atoms with Crippen LogP contribution >= 0.6 is 0 Å². The Morgan fingerprint density at radius 2 is 1.72 bits per heavy atom. The number of carbonyl (C=O) groups is 1. The topological polar surface area (TPSA) is 117 Å². The lowest BCUT2D eigenvalue weighted by atomic mass is 9.90. The Morgan fingerprint density at radius 1 is 1.21 bits per heavy atom. The van der Waals surface area contributed by atoms with Gasteiger partial charge in [0.15, 0.2) is 6.29 Å². The molecule has 1 aromatic rings. The number of aryl methyl sites for hydroxylation is 1. The Morgan fingerprint density at radius 3 is 2.03 bits per heavy atom. The molecule has 0 spiro atoms. The summed E-state index contributed by atoms with van der Waals surface area (Å²) in [4.78, 5) is 10.1. The Hall–Kier alpha value is -2.25. The highest BCUT2D eigenvalue weighted by molar-refractivity contribution is 6.33. The van der Waals surface area contributed by atoms with Gasteiger partial charge in [0, 0.05) is 18.9 Å². The third kappa shape index (κ3) is 10.8. The first-order valence-electron chi connectivity index (χ1n) is 9.51. The summed E-state index contributed by atoms with van der Waals surface area (Å²) < 4.78 is 0. The zero-order valence-corrected chi connectivity index (χ0v) is 18.3. The lowest BCUT2D eigenvalue weighted by Gasteiger charge is -2.31. The molecule has 2 radical (unpaired) electrons. The first-order chi connectivity index (χ1) is 13.3. The van der Waals surface area contributed by atoms with E-state index in [0.717, 1.165) is 35.1 Å². The van der Waals surface area contributed by atoms with Crippen molar-refractivity contribution in [3.8, 4) is 0 Å². The molecule has 7 heteroatoms. The van der Waals surface area contributed by atoms with Gasteiger partial charge >= 0.3 is 0 Å². The molecular weight excluding hydrogens is 365 g/mol. The molecule has 1 fully saturated rings. The van der Waals surface area contributed by atoms with Crippen LogP contribution in [0.4, 0.5) is 5.69 Å². The molecule has 0 saturated heterocycles. The number of aliphatic hydroxyl groups is 2. The van der Waals surface area contributed by atoms with Gasteiger partial charge in [-0.2, -0.15) is 0 Å². The molecule has 5 N–H and O–H groups in total. The third-order valence-corrected chi connectivity index (χ3v) is 4.73. The summed E-state index contributed by atoms with van der Waals surface area (Å²) in [5.74, 6) is 0.438. The fourth-order valence-electron chi connectivity index (χ4n) is 1.70. The quantitative estimate of drug-likeness (QED) is 0.287. The van der Waals surface area contributed by atoms with E-state index in [1.54, 1.807) is 27.7 Å². The van der Waals surface area contributed by atoms with Gasteiger partial charge in [-0.05, 0) is 77.2 Å². The number of benzene rings is 1. The molecule has 0 unspecified atom stereocenters. The SMILES string of the molecule is CC(C)(O)C(C)(C)O.N=C/C(=C\C(=N)C=O)C1CC1.[B]c1cc(NC)ccc1C. The van der Waals surface area contributed by atoms with Crippen LogP contribution in [0.1, 0.15) is 46.1 Å². The van der Waals surface area contributed by atoms with Crippen molar-refractivity contribution in [1.82, 2.24) is 0 Å². The van der Waals surface area contributed by atoms with Crippen molar-refractivity contribution in [2.24, 2.45) is 5.92 Å². The van der Waals surface area contributed by atoms with E-state index in [1.165, 1.54) is 12.3 Å². The zero-order valence-electron chi connectivity index (χ0n) is 18.3. The number of nitrogens with one attached hydrogen (secondary N) is 3. The molecule has 1 saturated carbocycles. The predicted molar refractivity (Wildman–Crippen MR) is 122 cm³/mol. The van der Waals surface area contributed by atoms with Crippen LogP contribution in [-0.2, 0) is 4.79 Å². The van der Waals surface area contributed by atoms with Crippen LogP contribution in [0.25, 0.3) is 0 Å². The number of allylic oxidation sites excluding steroid dienone is 2. The van der Waals surface area contributed by atoms with Crippen LogP contribution in [0.5, 0.6) is 0 Å². The van der Waals surface area contributed by atoms with E-state index < -0.39 is 11.2 Å². The highest BCUT2D eigenvalue weighted by atomic mass is 16.3. The predicted octanol–water partition coefficient (Wildman–Crippen LogP) is 2.55. The van der Waals surface area contributed by atoms with E-state index in [4.69, 9.17) is 28.9 Å². The zero-order chi connectivity index (χ0) is 22.8. The standard InChI is InChI=1S/C8H10BN.C8H10N2O.C6H14O2/c1-6-3-4-7(10-2)5-8(6)9;9-4-7(6-1-2-6)3-8(10)5-11;1-5(2,7)6(3,4)8/h3-5,10H,1-2H3;3-6,9-10H,1-2H2;7-8H,1-4H3/b;7-3+,9-4?,10-8?;. The number of hydrogen-bond donors (Lipinski definition) is 5. The van der Waals surface area contributed by atoms with Gasteiger partial charge in [-0.25, -0.2) is 0 Å². The van der Waals surface area contributed by atoms with Crippen molar-refractivity contribution in [3.05, 3.63) is 35.4 Å². The monoisotopic (exact) mass is 399 g/mol. The fourth-order valence-corrected chi connectivity index (χ4v) is 1.70. The maximum absolute atomic E-state index is 10.1. The van der Waals surface area contributed by atoms with Crippen LogP contribution in [0.15, 0.2) is 29.8 Å². The Balaban J connectivity index is 0.000000412. The number of aldehydes is 1.